The van der Waals surface area contributed by atoms with E-state index in [9.17, 15) is 4.39 Å². The van der Waals surface area contributed by atoms with E-state index in [4.69, 9.17) is 4.42 Å². The molecule has 0 saturated heterocycles. The molecule has 0 aliphatic rings. The van der Waals surface area contributed by atoms with Crippen LogP contribution in [0.5, 0.6) is 0 Å². The van der Waals surface area contributed by atoms with E-state index in [0.29, 0.717) is 5.92 Å². The van der Waals surface area contributed by atoms with Gasteiger partial charge in [-0.2, -0.15) is 0 Å². The summed E-state index contributed by atoms with van der Waals surface area (Å²) < 4.78 is 18.9. The summed E-state index contributed by atoms with van der Waals surface area (Å²) in [6, 6.07) is 39.9. The van der Waals surface area contributed by atoms with Crippen LogP contribution in [-0.4, -0.2) is 18.0 Å². The Bertz CT molecular complexity index is 2070. The molecule has 0 atom stereocenters. The van der Waals surface area contributed by atoms with Crippen molar-refractivity contribution in [1.29, 1.82) is 0 Å². The largest absolute Gasteiger partial charge is 0.476 e. The van der Waals surface area contributed by atoms with E-state index in [1.807, 2.05) is 36.7 Å². The zero-order chi connectivity index (χ0) is 31.6. The number of benzene rings is 4. The van der Waals surface area contributed by atoms with Crippen LogP contribution in [0.2, 0.25) is 19.6 Å². The molecule has 3 aromatic heterocycles. The van der Waals surface area contributed by atoms with Gasteiger partial charge in [0.05, 0.1) is 13.7 Å². The smallest absolute Gasteiger partial charge is 0.123 e. The van der Waals surface area contributed by atoms with Gasteiger partial charge in [0.2, 0.25) is 0 Å². The maximum atomic E-state index is 12.8. The molecular weight excluding hydrogens is 764 g/mol. The van der Waals surface area contributed by atoms with Crippen molar-refractivity contribution < 1.29 is 28.9 Å². The van der Waals surface area contributed by atoms with E-state index < -0.39 is 8.07 Å². The first-order valence-electron chi connectivity index (χ1n) is 15.2. The maximum absolute atomic E-state index is 12.8. The number of halogens is 1. The molecule has 233 valence electrons. The third-order valence-electron chi connectivity index (χ3n) is 7.92. The van der Waals surface area contributed by atoms with Crippen LogP contribution >= 0.6 is 0 Å². The van der Waals surface area contributed by atoms with E-state index in [2.05, 4.69) is 116 Å². The fourth-order valence-corrected chi connectivity index (χ4v) is 6.22. The number of furan rings is 1. The van der Waals surface area contributed by atoms with Crippen LogP contribution in [-0.2, 0) is 20.1 Å². The standard InChI is InChI=1S/C26H20NO.C14H15FNSi.Ir/c1-17(2)19-12-13-27-24(15-19)21-8-10-22-23-14-20(18-6-4-3-5-7-18)9-11-25(23)28-26(22)16-21;1-17(2,3)13-8-9-14(16-10-13)11-4-6-12(15)7-5-11;/h3-7,9-17H,1-2H3;4,6-10H,1-3H3;/q2*-1;. The summed E-state index contributed by atoms with van der Waals surface area (Å²) in [6.45, 7) is 11.2. The fraction of sp³-hybridized carbons (Fsp3) is 0.150. The third-order valence-corrected chi connectivity index (χ3v) is 9.94. The predicted molar refractivity (Wildman–Crippen MR) is 187 cm³/mol. The number of nitrogens with zero attached hydrogens (tertiary/aromatic N) is 2. The van der Waals surface area contributed by atoms with E-state index in [1.165, 1.54) is 34.0 Å². The summed E-state index contributed by atoms with van der Waals surface area (Å²) in [4.78, 5) is 8.96. The van der Waals surface area contributed by atoms with E-state index >= 15 is 0 Å². The summed E-state index contributed by atoms with van der Waals surface area (Å²) in [6.07, 6.45) is 3.80. The van der Waals surface area contributed by atoms with Gasteiger partial charge in [-0.05, 0) is 51.1 Å². The Hall–Kier alpha value is -4.22. The number of hydrogen-bond acceptors (Lipinski definition) is 3. The molecule has 0 amide bonds. The summed E-state index contributed by atoms with van der Waals surface area (Å²) in [5, 5.41) is 3.52. The van der Waals surface area contributed by atoms with Gasteiger partial charge in [0.15, 0.2) is 0 Å². The molecular formula is C40H35FIrN2OSi-2. The van der Waals surface area contributed by atoms with Gasteiger partial charge in [0, 0.05) is 38.3 Å². The van der Waals surface area contributed by atoms with Crippen LogP contribution in [0.3, 0.4) is 0 Å². The molecule has 3 heterocycles. The van der Waals surface area contributed by atoms with Gasteiger partial charge < -0.3 is 14.4 Å². The average Bonchev–Trinajstić information content (AvgIpc) is 3.43. The SMILES string of the molecule is CC(C)c1ccnc(-c2[c-]cc3c(c2)oc2ccc(-c4ccccc4)cc23)c1.C[Si](C)(C)c1ccc(-c2[c-]cc(F)cc2)nc1.[Ir]. The van der Waals surface area contributed by atoms with Crippen LogP contribution in [0.1, 0.15) is 25.3 Å². The molecule has 0 aliphatic carbocycles. The van der Waals surface area contributed by atoms with Gasteiger partial charge in [-0.1, -0.05) is 111 Å². The average molecular weight is 799 g/mol. The molecule has 0 fully saturated rings. The molecule has 0 spiro atoms. The van der Waals surface area contributed by atoms with Gasteiger partial charge in [-0.15, -0.1) is 47.5 Å². The van der Waals surface area contributed by atoms with E-state index in [-0.39, 0.29) is 25.9 Å². The van der Waals surface area contributed by atoms with Crippen LogP contribution in [0, 0.1) is 17.9 Å². The molecule has 7 aromatic rings. The van der Waals surface area contributed by atoms with Crippen LogP contribution in [0.15, 0.2) is 120 Å². The van der Waals surface area contributed by atoms with E-state index in [0.717, 1.165) is 44.5 Å². The minimum atomic E-state index is -1.30. The van der Waals surface area contributed by atoms with Crippen molar-refractivity contribution in [3.05, 3.63) is 139 Å². The molecule has 0 N–H and O–H groups in total. The molecule has 0 saturated carbocycles. The van der Waals surface area contributed by atoms with Crippen molar-refractivity contribution in [3.63, 3.8) is 0 Å². The molecule has 4 aromatic carbocycles. The normalized spacial score (nSPS) is 11.3. The Morgan fingerprint density at radius 1 is 0.696 bits per heavy atom. The Morgan fingerprint density at radius 3 is 2.15 bits per heavy atom. The second kappa shape index (κ2) is 14.0. The maximum Gasteiger partial charge on any atom is 0.123 e. The first kappa shape index (κ1) is 33.1. The number of aromatic nitrogens is 2. The zero-order valence-corrected chi connectivity index (χ0v) is 30.0. The monoisotopic (exact) mass is 799 g/mol. The molecule has 3 nitrogen and oxygen atoms in total. The fourth-order valence-electron chi connectivity index (χ4n) is 5.19. The Morgan fingerprint density at radius 2 is 1.48 bits per heavy atom. The van der Waals surface area contributed by atoms with Gasteiger partial charge in [0.25, 0.3) is 0 Å². The summed E-state index contributed by atoms with van der Waals surface area (Å²) in [7, 11) is -1.30. The Labute approximate surface area is 284 Å². The van der Waals surface area contributed by atoms with Crippen LogP contribution in [0.25, 0.3) is 55.6 Å². The van der Waals surface area contributed by atoms with Crippen molar-refractivity contribution in [1.82, 2.24) is 9.97 Å². The quantitative estimate of drug-likeness (QED) is 0.129. The number of fused-ring (bicyclic) bond motifs is 3. The first-order valence-corrected chi connectivity index (χ1v) is 18.7. The minimum absolute atomic E-state index is 0. The molecule has 46 heavy (non-hydrogen) atoms. The minimum Gasteiger partial charge on any atom is -0.476 e. The summed E-state index contributed by atoms with van der Waals surface area (Å²) in [5.74, 6) is 0.195. The van der Waals surface area contributed by atoms with Crippen molar-refractivity contribution in [2.45, 2.75) is 39.4 Å². The van der Waals surface area contributed by atoms with Crippen molar-refractivity contribution in [2.24, 2.45) is 0 Å². The number of hydrogen-bond donors (Lipinski definition) is 0. The molecule has 6 heteroatoms. The molecule has 0 unspecified atom stereocenters. The second-order valence-electron chi connectivity index (χ2n) is 12.5. The van der Waals surface area contributed by atoms with Crippen LogP contribution < -0.4 is 5.19 Å². The zero-order valence-electron chi connectivity index (χ0n) is 26.6. The van der Waals surface area contributed by atoms with Gasteiger partial charge in [0.1, 0.15) is 5.58 Å². The molecule has 0 aliphatic heterocycles. The predicted octanol–water partition coefficient (Wildman–Crippen LogP) is 10.5. The van der Waals surface area contributed by atoms with Crippen molar-refractivity contribution in [2.75, 3.05) is 0 Å². The van der Waals surface area contributed by atoms with Crippen molar-refractivity contribution >= 4 is 35.2 Å². The van der Waals surface area contributed by atoms with Crippen LogP contribution in [0.4, 0.5) is 4.39 Å². The molecule has 0 bridgehead atoms. The Balaban J connectivity index is 0.000000200. The van der Waals surface area contributed by atoms with Gasteiger partial charge in [-0.3, -0.25) is 4.39 Å². The first-order chi connectivity index (χ1) is 21.7. The second-order valence-corrected chi connectivity index (χ2v) is 17.6. The van der Waals surface area contributed by atoms with Crippen molar-refractivity contribution in [3.8, 4) is 33.6 Å². The van der Waals surface area contributed by atoms with Gasteiger partial charge >= 0.3 is 0 Å². The topological polar surface area (TPSA) is 38.9 Å². The summed E-state index contributed by atoms with van der Waals surface area (Å²) >= 11 is 0. The van der Waals surface area contributed by atoms with E-state index in [1.54, 1.807) is 6.07 Å². The summed E-state index contributed by atoms with van der Waals surface area (Å²) in [5.41, 5.74) is 8.97. The molecule has 1 radical (unpaired) electrons. The number of rotatable bonds is 5. The number of pyridine rings is 2. The third kappa shape index (κ3) is 7.42. The van der Waals surface area contributed by atoms with Gasteiger partial charge in [-0.25, -0.2) is 0 Å². The Kier molecular flexibility index (Phi) is 10.1. The molecule has 7 rings (SSSR count).